The zero-order valence-electron chi connectivity index (χ0n) is 14.4. The molecule has 0 radical (unpaired) electrons. The van der Waals surface area contributed by atoms with E-state index in [0.29, 0.717) is 11.8 Å². The number of carbonyl (C=O) groups excluding carboxylic acids is 1. The van der Waals surface area contributed by atoms with E-state index in [4.69, 9.17) is 0 Å². The molecule has 0 atom stereocenters. The highest BCUT2D eigenvalue weighted by molar-refractivity contribution is 5.84. The smallest absolute Gasteiger partial charge is 0.229 e. The molecule has 1 N–H and O–H groups in total. The van der Waals surface area contributed by atoms with Gasteiger partial charge in [-0.25, -0.2) is 0 Å². The number of allylic oxidation sites excluding steroid dienone is 5. The van der Waals surface area contributed by atoms with Gasteiger partial charge in [0, 0.05) is 6.04 Å². The summed E-state index contributed by atoms with van der Waals surface area (Å²) in [5, 5.41) is 3.17. The van der Waals surface area contributed by atoms with Crippen LogP contribution in [-0.2, 0) is 4.79 Å². The van der Waals surface area contributed by atoms with E-state index in [1.165, 1.54) is 0 Å². The Morgan fingerprint density at radius 1 is 1.10 bits per heavy atom. The maximum absolute atomic E-state index is 12.5. The Hall–Kier alpha value is -1.57. The second-order valence-electron chi connectivity index (χ2n) is 6.65. The predicted octanol–water partition coefficient (Wildman–Crippen LogP) is 4.66. The second-order valence-corrected chi connectivity index (χ2v) is 6.65. The molecule has 21 heavy (non-hydrogen) atoms. The van der Waals surface area contributed by atoms with Crippen LogP contribution in [0.4, 0.5) is 0 Å². The van der Waals surface area contributed by atoms with Gasteiger partial charge in [0.25, 0.3) is 0 Å². The lowest BCUT2D eigenvalue weighted by molar-refractivity contribution is -0.128. The van der Waals surface area contributed by atoms with Crippen LogP contribution in [0.5, 0.6) is 0 Å². The molecule has 2 nitrogen and oxygen atoms in total. The van der Waals surface area contributed by atoms with E-state index in [0.717, 1.165) is 5.57 Å². The molecule has 0 saturated heterocycles. The zero-order chi connectivity index (χ0) is 16.6. The van der Waals surface area contributed by atoms with E-state index < -0.39 is 5.41 Å². The first-order chi connectivity index (χ1) is 9.65. The van der Waals surface area contributed by atoms with Gasteiger partial charge >= 0.3 is 0 Å². The van der Waals surface area contributed by atoms with Crippen molar-refractivity contribution in [3.8, 4) is 0 Å². The van der Waals surface area contributed by atoms with Crippen LogP contribution >= 0.6 is 0 Å². The largest absolute Gasteiger partial charge is 0.352 e. The Bertz CT molecular complexity index is 417. The highest BCUT2D eigenvalue weighted by Gasteiger charge is 2.28. The Balaban J connectivity index is 5.02. The molecule has 0 rings (SSSR count). The van der Waals surface area contributed by atoms with Crippen LogP contribution in [0.3, 0.4) is 0 Å². The standard InChI is InChI=1S/C19H31NO/c1-9-11-16(10-2)12-13-19(7,8)18(21)20-17(14(3)4)15(5)6/h9-15,17H,1-2H2,3-8H3,(H,20,21). The van der Waals surface area contributed by atoms with Crippen molar-refractivity contribution in [1.82, 2.24) is 5.32 Å². The molecule has 0 unspecified atom stereocenters. The van der Waals surface area contributed by atoms with E-state index in [1.54, 1.807) is 12.2 Å². The summed E-state index contributed by atoms with van der Waals surface area (Å²) in [6, 6.07) is 0.188. The number of hydrogen-bond acceptors (Lipinski definition) is 1. The van der Waals surface area contributed by atoms with Crippen LogP contribution in [0.2, 0.25) is 0 Å². The minimum absolute atomic E-state index is 0.0492. The molecule has 0 heterocycles. The number of hydrogen-bond donors (Lipinski definition) is 1. The third-order valence-corrected chi connectivity index (χ3v) is 3.56. The van der Waals surface area contributed by atoms with Crippen molar-refractivity contribution >= 4 is 5.91 Å². The van der Waals surface area contributed by atoms with Crippen LogP contribution in [0.25, 0.3) is 0 Å². The molecule has 0 aliphatic rings. The molecular weight excluding hydrogens is 258 g/mol. The summed E-state index contributed by atoms with van der Waals surface area (Å²) in [5.74, 6) is 0.879. The fraction of sp³-hybridized carbons (Fsp3) is 0.526. The van der Waals surface area contributed by atoms with E-state index >= 15 is 0 Å². The Morgan fingerprint density at radius 2 is 1.62 bits per heavy atom. The predicted molar refractivity (Wildman–Crippen MR) is 93.0 cm³/mol. The van der Waals surface area contributed by atoms with Crippen molar-refractivity contribution in [3.05, 3.63) is 49.1 Å². The third-order valence-electron chi connectivity index (χ3n) is 3.56. The average Bonchev–Trinajstić information content (AvgIpc) is 2.39. The Morgan fingerprint density at radius 3 is 2.00 bits per heavy atom. The summed E-state index contributed by atoms with van der Waals surface area (Å²) < 4.78 is 0. The van der Waals surface area contributed by atoms with E-state index in [9.17, 15) is 4.79 Å². The topological polar surface area (TPSA) is 29.1 Å². The quantitative estimate of drug-likeness (QED) is 0.647. The number of nitrogens with one attached hydrogen (secondary N) is 1. The fourth-order valence-corrected chi connectivity index (χ4v) is 2.15. The van der Waals surface area contributed by atoms with Gasteiger partial charge in [0.2, 0.25) is 5.91 Å². The van der Waals surface area contributed by atoms with Gasteiger partial charge in [-0.3, -0.25) is 4.79 Å². The molecule has 0 aromatic heterocycles. The van der Waals surface area contributed by atoms with Gasteiger partial charge in [-0.2, -0.15) is 0 Å². The maximum Gasteiger partial charge on any atom is 0.229 e. The summed E-state index contributed by atoms with van der Waals surface area (Å²) >= 11 is 0. The molecule has 1 amide bonds. The van der Waals surface area contributed by atoms with Gasteiger partial charge in [-0.15, -0.1) is 0 Å². The molecule has 0 aliphatic carbocycles. The van der Waals surface area contributed by atoms with Gasteiger partial charge < -0.3 is 5.32 Å². The van der Waals surface area contributed by atoms with Gasteiger partial charge in [-0.1, -0.05) is 71.2 Å². The van der Waals surface area contributed by atoms with Crippen LogP contribution in [-0.4, -0.2) is 11.9 Å². The van der Waals surface area contributed by atoms with Crippen LogP contribution in [0.15, 0.2) is 49.1 Å². The van der Waals surface area contributed by atoms with Crippen LogP contribution < -0.4 is 5.32 Å². The van der Waals surface area contributed by atoms with Crippen molar-refractivity contribution in [2.24, 2.45) is 17.3 Å². The monoisotopic (exact) mass is 289 g/mol. The molecule has 118 valence electrons. The lowest BCUT2D eigenvalue weighted by Crippen LogP contribution is -2.47. The first-order valence-corrected chi connectivity index (χ1v) is 7.61. The Kier molecular flexibility index (Phi) is 8.01. The normalized spacial score (nSPS) is 13.3. The lowest BCUT2D eigenvalue weighted by Gasteiger charge is -2.30. The van der Waals surface area contributed by atoms with Gasteiger partial charge in [-0.05, 0) is 31.3 Å². The summed E-state index contributed by atoms with van der Waals surface area (Å²) in [6.07, 6.45) is 9.15. The van der Waals surface area contributed by atoms with E-state index in [2.05, 4.69) is 46.2 Å². The number of amides is 1. The van der Waals surface area contributed by atoms with E-state index in [-0.39, 0.29) is 11.9 Å². The Labute approximate surface area is 130 Å². The minimum atomic E-state index is -0.564. The van der Waals surface area contributed by atoms with Crippen LogP contribution in [0, 0.1) is 17.3 Å². The van der Waals surface area contributed by atoms with Crippen molar-refractivity contribution in [1.29, 1.82) is 0 Å². The first kappa shape index (κ1) is 19.4. The summed E-state index contributed by atoms with van der Waals surface area (Å²) in [7, 11) is 0. The van der Waals surface area contributed by atoms with Crippen LogP contribution in [0.1, 0.15) is 41.5 Å². The molecule has 0 aromatic rings. The van der Waals surface area contributed by atoms with Gasteiger partial charge in [0.15, 0.2) is 0 Å². The zero-order valence-corrected chi connectivity index (χ0v) is 14.4. The minimum Gasteiger partial charge on any atom is -0.352 e. The maximum atomic E-state index is 12.5. The SMILES string of the molecule is C=CC=C(C=C)C=CC(C)(C)C(=O)NC(C(C)C)C(C)C. The summed E-state index contributed by atoms with van der Waals surface area (Å²) in [6.45, 7) is 19.8. The fourth-order valence-electron chi connectivity index (χ4n) is 2.15. The molecule has 0 fully saturated rings. The third kappa shape index (κ3) is 6.61. The lowest BCUT2D eigenvalue weighted by atomic mass is 9.87. The highest BCUT2D eigenvalue weighted by Crippen LogP contribution is 2.21. The number of carbonyl (C=O) groups is 1. The molecule has 0 aromatic carbocycles. The van der Waals surface area contributed by atoms with E-state index in [1.807, 2.05) is 32.1 Å². The average molecular weight is 289 g/mol. The molecule has 0 aliphatic heterocycles. The molecular formula is C19H31NO. The van der Waals surface area contributed by atoms with Gasteiger partial charge in [0.1, 0.15) is 0 Å². The summed E-state index contributed by atoms with van der Waals surface area (Å²) in [5.41, 5.74) is 0.376. The molecule has 0 saturated carbocycles. The van der Waals surface area contributed by atoms with Gasteiger partial charge in [0.05, 0.1) is 5.41 Å². The molecule has 2 heteroatoms. The highest BCUT2D eigenvalue weighted by atomic mass is 16.2. The first-order valence-electron chi connectivity index (χ1n) is 7.61. The summed E-state index contributed by atoms with van der Waals surface area (Å²) in [4.78, 5) is 12.5. The second kappa shape index (κ2) is 8.66. The van der Waals surface area contributed by atoms with Crippen molar-refractivity contribution in [3.63, 3.8) is 0 Å². The molecule has 0 spiro atoms. The molecule has 0 bridgehead atoms. The van der Waals surface area contributed by atoms with Crippen molar-refractivity contribution in [2.45, 2.75) is 47.6 Å². The number of rotatable bonds is 8. The van der Waals surface area contributed by atoms with Crippen molar-refractivity contribution in [2.75, 3.05) is 0 Å². The van der Waals surface area contributed by atoms with Crippen molar-refractivity contribution < 1.29 is 4.79 Å².